The Balaban J connectivity index is 1.99. The Labute approximate surface area is 115 Å². The molecule has 0 aliphatic heterocycles. The Morgan fingerprint density at radius 1 is 1.11 bits per heavy atom. The van der Waals surface area contributed by atoms with Gasteiger partial charge in [-0.3, -0.25) is 4.98 Å². The van der Waals surface area contributed by atoms with Gasteiger partial charge in [0.1, 0.15) is 0 Å². The number of hydrogen-bond acceptors (Lipinski definition) is 2. The first-order chi connectivity index (χ1) is 9.29. The molecule has 0 aliphatic rings. The molecule has 19 heavy (non-hydrogen) atoms. The largest absolute Gasteiger partial charge is 0.314 e. The predicted molar refractivity (Wildman–Crippen MR) is 81.1 cm³/mol. The van der Waals surface area contributed by atoms with Crippen molar-refractivity contribution in [3.63, 3.8) is 0 Å². The molecule has 0 bridgehead atoms. The number of benzene rings is 1. The second-order valence-electron chi connectivity index (χ2n) is 4.97. The van der Waals surface area contributed by atoms with Gasteiger partial charge in [0.2, 0.25) is 0 Å². The minimum Gasteiger partial charge on any atom is -0.314 e. The molecule has 0 aliphatic carbocycles. The zero-order valence-electron chi connectivity index (χ0n) is 11.8. The Hall–Kier alpha value is -1.67. The van der Waals surface area contributed by atoms with Gasteiger partial charge in [-0.2, -0.15) is 0 Å². The van der Waals surface area contributed by atoms with Crippen LogP contribution in [0, 0.1) is 0 Å². The van der Waals surface area contributed by atoms with Crippen LogP contribution in [0.15, 0.2) is 48.7 Å². The fourth-order valence-corrected chi connectivity index (χ4v) is 2.16. The summed E-state index contributed by atoms with van der Waals surface area (Å²) in [7, 11) is 0. The third-order valence-corrected chi connectivity index (χ3v) is 3.20. The summed E-state index contributed by atoms with van der Waals surface area (Å²) < 4.78 is 0. The van der Waals surface area contributed by atoms with Gasteiger partial charge in [-0.15, -0.1) is 0 Å². The third kappa shape index (κ3) is 4.18. The van der Waals surface area contributed by atoms with E-state index in [9.17, 15) is 0 Å². The van der Waals surface area contributed by atoms with Crippen molar-refractivity contribution in [2.45, 2.75) is 32.7 Å². The normalized spacial score (nSPS) is 12.3. The van der Waals surface area contributed by atoms with E-state index in [1.807, 2.05) is 24.4 Å². The first kappa shape index (κ1) is 13.8. The van der Waals surface area contributed by atoms with Crippen molar-refractivity contribution in [1.82, 2.24) is 10.3 Å². The molecular weight excluding hydrogens is 232 g/mol. The van der Waals surface area contributed by atoms with Crippen LogP contribution in [-0.2, 0) is 6.42 Å². The van der Waals surface area contributed by atoms with E-state index in [-0.39, 0.29) is 0 Å². The van der Waals surface area contributed by atoms with E-state index in [0.717, 1.165) is 18.7 Å². The Morgan fingerprint density at radius 2 is 1.89 bits per heavy atom. The van der Waals surface area contributed by atoms with Crippen LogP contribution in [0.1, 0.15) is 25.8 Å². The van der Waals surface area contributed by atoms with Gasteiger partial charge in [0.25, 0.3) is 0 Å². The SMILES string of the molecule is CCCNC(C)Cc1ccc(-c2ccccn2)cc1. The van der Waals surface area contributed by atoms with Crippen molar-refractivity contribution in [3.05, 3.63) is 54.2 Å². The average molecular weight is 254 g/mol. The lowest BCUT2D eigenvalue weighted by atomic mass is 10.0. The fraction of sp³-hybridized carbons (Fsp3) is 0.353. The van der Waals surface area contributed by atoms with Crippen LogP contribution in [0.5, 0.6) is 0 Å². The molecule has 1 unspecified atom stereocenters. The van der Waals surface area contributed by atoms with E-state index in [4.69, 9.17) is 0 Å². The summed E-state index contributed by atoms with van der Waals surface area (Å²) in [6.45, 7) is 5.52. The molecule has 2 nitrogen and oxygen atoms in total. The molecule has 2 heteroatoms. The van der Waals surface area contributed by atoms with E-state index >= 15 is 0 Å². The van der Waals surface area contributed by atoms with Gasteiger partial charge in [-0.25, -0.2) is 0 Å². The minimum atomic E-state index is 0.528. The number of rotatable bonds is 6. The highest BCUT2D eigenvalue weighted by atomic mass is 14.9. The topological polar surface area (TPSA) is 24.9 Å². The zero-order chi connectivity index (χ0) is 13.5. The second-order valence-corrected chi connectivity index (χ2v) is 4.97. The van der Waals surface area contributed by atoms with Crippen molar-refractivity contribution in [3.8, 4) is 11.3 Å². The summed E-state index contributed by atoms with van der Waals surface area (Å²) in [6.07, 6.45) is 4.09. The lowest BCUT2D eigenvalue weighted by Crippen LogP contribution is -2.28. The maximum atomic E-state index is 4.37. The lowest BCUT2D eigenvalue weighted by molar-refractivity contribution is 0.543. The molecule has 0 saturated carbocycles. The lowest BCUT2D eigenvalue weighted by Gasteiger charge is -2.13. The van der Waals surface area contributed by atoms with E-state index in [0.29, 0.717) is 6.04 Å². The van der Waals surface area contributed by atoms with Gasteiger partial charge in [-0.1, -0.05) is 37.3 Å². The standard InChI is InChI=1S/C17H22N2/c1-3-11-18-14(2)13-15-7-9-16(10-8-15)17-6-4-5-12-19-17/h4-10,12,14,18H,3,11,13H2,1-2H3. The summed E-state index contributed by atoms with van der Waals surface area (Å²) in [6, 6.07) is 15.3. The van der Waals surface area contributed by atoms with E-state index in [2.05, 4.69) is 48.4 Å². The number of pyridine rings is 1. The number of aromatic nitrogens is 1. The summed E-state index contributed by atoms with van der Waals surface area (Å²) >= 11 is 0. The molecule has 1 atom stereocenters. The van der Waals surface area contributed by atoms with Gasteiger partial charge in [0.05, 0.1) is 5.69 Å². The van der Waals surface area contributed by atoms with Gasteiger partial charge in [0, 0.05) is 17.8 Å². The molecule has 0 spiro atoms. The van der Waals surface area contributed by atoms with Gasteiger partial charge in [-0.05, 0) is 44.0 Å². The minimum absolute atomic E-state index is 0.528. The second kappa shape index (κ2) is 7.05. The molecular formula is C17H22N2. The third-order valence-electron chi connectivity index (χ3n) is 3.20. The van der Waals surface area contributed by atoms with E-state index < -0.39 is 0 Å². The summed E-state index contributed by atoms with van der Waals surface area (Å²) in [5.74, 6) is 0. The smallest absolute Gasteiger partial charge is 0.0701 e. The predicted octanol–water partition coefficient (Wildman–Crippen LogP) is 3.68. The highest BCUT2D eigenvalue weighted by Crippen LogP contribution is 2.17. The highest BCUT2D eigenvalue weighted by Gasteiger charge is 2.03. The number of nitrogens with one attached hydrogen (secondary N) is 1. The summed E-state index contributed by atoms with van der Waals surface area (Å²) in [5, 5.41) is 3.51. The molecule has 1 heterocycles. The molecule has 1 aromatic heterocycles. The molecule has 1 N–H and O–H groups in total. The molecule has 100 valence electrons. The quantitative estimate of drug-likeness (QED) is 0.850. The maximum Gasteiger partial charge on any atom is 0.0701 e. The number of nitrogens with zero attached hydrogens (tertiary/aromatic N) is 1. The van der Waals surface area contributed by atoms with Crippen molar-refractivity contribution in [1.29, 1.82) is 0 Å². The molecule has 1 aromatic carbocycles. The Morgan fingerprint density at radius 3 is 2.53 bits per heavy atom. The van der Waals surface area contributed by atoms with Crippen LogP contribution in [0.4, 0.5) is 0 Å². The molecule has 2 rings (SSSR count). The van der Waals surface area contributed by atoms with Crippen molar-refractivity contribution in [2.75, 3.05) is 6.54 Å². The Bertz CT molecular complexity index is 476. The van der Waals surface area contributed by atoms with Crippen molar-refractivity contribution < 1.29 is 0 Å². The monoisotopic (exact) mass is 254 g/mol. The van der Waals surface area contributed by atoms with E-state index in [1.165, 1.54) is 17.5 Å². The molecule has 2 aromatic rings. The molecule has 0 radical (unpaired) electrons. The fourth-order valence-electron chi connectivity index (χ4n) is 2.16. The molecule has 0 fully saturated rings. The van der Waals surface area contributed by atoms with Gasteiger partial charge in [0.15, 0.2) is 0 Å². The first-order valence-corrected chi connectivity index (χ1v) is 7.03. The van der Waals surface area contributed by atoms with Crippen molar-refractivity contribution in [2.24, 2.45) is 0 Å². The summed E-state index contributed by atoms with van der Waals surface area (Å²) in [4.78, 5) is 4.37. The van der Waals surface area contributed by atoms with Crippen LogP contribution in [-0.4, -0.2) is 17.6 Å². The Kier molecular flexibility index (Phi) is 5.10. The van der Waals surface area contributed by atoms with Crippen molar-refractivity contribution >= 4 is 0 Å². The van der Waals surface area contributed by atoms with Crippen LogP contribution in [0.25, 0.3) is 11.3 Å². The van der Waals surface area contributed by atoms with Crippen LogP contribution < -0.4 is 5.32 Å². The maximum absolute atomic E-state index is 4.37. The molecule has 0 saturated heterocycles. The van der Waals surface area contributed by atoms with Gasteiger partial charge >= 0.3 is 0 Å². The first-order valence-electron chi connectivity index (χ1n) is 7.03. The van der Waals surface area contributed by atoms with Crippen LogP contribution >= 0.6 is 0 Å². The molecule has 0 amide bonds. The van der Waals surface area contributed by atoms with E-state index in [1.54, 1.807) is 0 Å². The average Bonchev–Trinajstić information content (AvgIpc) is 2.47. The van der Waals surface area contributed by atoms with Crippen LogP contribution in [0.3, 0.4) is 0 Å². The number of hydrogen-bond donors (Lipinski definition) is 1. The van der Waals surface area contributed by atoms with Gasteiger partial charge < -0.3 is 5.32 Å². The highest BCUT2D eigenvalue weighted by molar-refractivity contribution is 5.58. The zero-order valence-corrected chi connectivity index (χ0v) is 11.8. The van der Waals surface area contributed by atoms with Crippen LogP contribution in [0.2, 0.25) is 0 Å². The summed E-state index contributed by atoms with van der Waals surface area (Å²) in [5.41, 5.74) is 3.58.